The molecule has 2 aromatic carbocycles. The fourth-order valence-corrected chi connectivity index (χ4v) is 4.11. The highest BCUT2D eigenvalue weighted by Crippen LogP contribution is 2.22. The van der Waals surface area contributed by atoms with Crippen LogP contribution in [0.3, 0.4) is 0 Å². The molecule has 1 saturated heterocycles. The van der Waals surface area contributed by atoms with Crippen LogP contribution in [0.15, 0.2) is 48.8 Å². The first-order chi connectivity index (χ1) is 14.6. The lowest BCUT2D eigenvalue weighted by molar-refractivity contribution is 0.0813. The van der Waals surface area contributed by atoms with Crippen molar-refractivity contribution in [1.29, 1.82) is 0 Å². The first-order valence-corrected chi connectivity index (χ1v) is 11.1. The van der Waals surface area contributed by atoms with Gasteiger partial charge in [0.05, 0.1) is 17.5 Å². The van der Waals surface area contributed by atoms with Crippen LogP contribution in [-0.2, 0) is 4.74 Å². The molecule has 0 aliphatic carbocycles. The van der Waals surface area contributed by atoms with Gasteiger partial charge in [-0.15, -0.1) is 0 Å². The maximum atomic E-state index is 12.7. The van der Waals surface area contributed by atoms with E-state index >= 15 is 0 Å². The number of aromatic amines is 1. The van der Waals surface area contributed by atoms with Gasteiger partial charge in [0.2, 0.25) is 0 Å². The lowest BCUT2D eigenvalue weighted by atomic mass is 9.89. The Morgan fingerprint density at radius 1 is 1.17 bits per heavy atom. The quantitative estimate of drug-likeness (QED) is 0.375. The van der Waals surface area contributed by atoms with Crippen molar-refractivity contribution in [2.75, 3.05) is 31.6 Å². The molecule has 2 N–H and O–H groups in total. The highest BCUT2D eigenvalue weighted by Gasteiger charge is 2.25. The summed E-state index contributed by atoms with van der Waals surface area (Å²) < 4.78 is 6.46. The largest absolute Gasteiger partial charge is 0.448 e. The molecule has 0 saturated carbocycles. The molecule has 156 valence electrons. The molecule has 0 bridgehead atoms. The highest BCUT2D eigenvalue weighted by molar-refractivity contribution is 14.1. The van der Waals surface area contributed by atoms with E-state index in [1.54, 1.807) is 12.4 Å². The zero-order valence-electron chi connectivity index (χ0n) is 16.4. The predicted octanol–water partition coefficient (Wildman–Crippen LogP) is 4.31. The number of Topliss-reactive ketones (excluding diaryl/α,β-unsaturated/α-hetero) is 1. The maximum Gasteiger partial charge on any atom is 0.411 e. The number of fused-ring (bicyclic) bond motifs is 1. The number of halogens is 1. The van der Waals surface area contributed by atoms with Gasteiger partial charge >= 0.3 is 6.09 Å². The second-order valence-corrected chi connectivity index (χ2v) is 8.60. The Morgan fingerprint density at radius 3 is 2.70 bits per heavy atom. The number of H-pyrrole nitrogens is 1. The number of nitrogens with one attached hydrogen (secondary N) is 2. The molecule has 0 spiro atoms. The zero-order chi connectivity index (χ0) is 20.9. The average Bonchev–Trinajstić information content (AvgIpc) is 3.24. The first kappa shape index (κ1) is 20.8. The Kier molecular flexibility index (Phi) is 6.63. The van der Waals surface area contributed by atoms with Crippen LogP contribution in [0.1, 0.15) is 23.2 Å². The van der Waals surface area contributed by atoms with E-state index in [4.69, 9.17) is 4.74 Å². The number of piperidine rings is 1. The van der Waals surface area contributed by atoms with Gasteiger partial charge in [-0.3, -0.25) is 15.0 Å². The monoisotopic (exact) mass is 518 g/mol. The third-order valence-electron chi connectivity index (χ3n) is 5.41. The normalized spacial score (nSPS) is 15.2. The number of ether oxygens (including phenoxy) is 1. The number of carbonyl (C=O) groups excluding carboxylic acids is 2. The minimum absolute atomic E-state index is 0.0693. The molecule has 1 aliphatic heterocycles. The van der Waals surface area contributed by atoms with Crippen molar-refractivity contribution in [3.63, 3.8) is 0 Å². The van der Waals surface area contributed by atoms with Crippen molar-refractivity contribution in [3.05, 3.63) is 57.9 Å². The third kappa shape index (κ3) is 4.99. The van der Waals surface area contributed by atoms with Crippen molar-refractivity contribution in [3.8, 4) is 0 Å². The SMILES string of the molecule is O=C(Nc1cccc2[nH]cnc12)OCCN1CCC(C(=O)c2ccc(I)cc2)CC1. The van der Waals surface area contributed by atoms with Gasteiger partial charge in [0, 0.05) is 21.6 Å². The minimum atomic E-state index is -0.491. The van der Waals surface area contributed by atoms with Crippen LogP contribution < -0.4 is 5.32 Å². The van der Waals surface area contributed by atoms with E-state index in [9.17, 15) is 9.59 Å². The number of hydrogen-bond acceptors (Lipinski definition) is 5. The summed E-state index contributed by atoms with van der Waals surface area (Å²) in [6.45, 7) is 2.62. The predicted molar refractivity (Wildman–Crippen MR) is 124 cm³/mol. The number of anilines is 1. The summed E-state index contributed by atoms with van der Waals surface area (Å²) in [6, 6.07) is 13.3. The highest BCUT2D eigenvalue weighted by atomic mass is 127. The van der Waals surface area contributed by atoms with Crippen LogP contribution in [0.4, 0.5) is 10.5 Å². The molecule has 0 radical (unpaired) electrons. The van der Waals surface area contributed by atoms with E-state index < -0.39 is 6.09 Å². The summed E-state index contributed by atoms with van der Waals surface area (Å²) in [7, 11) is 0. The summed E-state index contributed by atoms with van der Waals surface area (Å²) >= 11 is 2.24. The number of rotatable bonds is 6. The van der Waals surface area contributed by atoms with Crippen LogP contribution >= 0.6 is 22.6 Å². The Bertz CT molecular complexity index is 1030. The number of carbonyl (C=O) groups is 2. The van der Waals surface area contributed by atoms with Crippen LogP contribution in [0.25, 0.3) is 11.0 Å². The molecular weight excluding hydrogens is 495 g/mol. The van der Waals surface area contributed by atoms with E-state index in [0.717, 1.165) is 40.6 Å². The lowest BCUT2D eigenvalue weighted by Gasteiger charge is -2.31. The van der Waals surface area contributed by atoms with Gasteiger partial charge < -0.3 is 9.72 Å². The Hall–Kier alpha value is -2.46. The van der Waals surface area contributed by atoms with Crippen LogP contribution in [-0.4, -0.2) is 53.0 Å². The molecule has 1 aliphatic rings. The number of hydrogen-bond donors (Lipinski definition) is 2. The van der Waals surface area contributed by atoms with Gasteiger partial charge in [0.15, 0.2) is 5.78 Å². The van der Waals surface area contributed by atoms with Crippen molar-refractivity contribution in [1.82, 2.24) is 14.9 Å². The molecule has 4 rings (SSSR count). The molecule has 1 aromatic heterocycles. The second-order valence-electron chi connectivity index (χ2n) is 7.35. The van der Waals surface area contributed by atoms with Crippen LogP contribution in [0, 0.1) is 9.49 Å². The molecule has 0 unspecified atom stereocenters. The molecular formula is C22H23IN4O3. The number of benzene rings is 2. The van der Waals surface area contributed by atoms with Crippen molar-refractivity contribution >= 4 is 51.2 Å². The summed E-state index contributed by atoms with van der Waals surface area (Å²) in [4.78, 5) is 34.2. The van der Waals surface area contributed by atoms with Gasteiger partial charge in [-0.2, -0.15) is 0 Å². The van der Waals surface area contributed by atoms with Gasteiger partial charge in [-0.25, -0.2) is 9.78 Å². The molecule has 1 fully saturated rings. The van der Waals surface area contributed by atoms with Crippen molar-refractivity contribution < 1.29 is 14.3 Å². The molecule has 0 atom stereocenters. The maximum absolute atomic E-state index is 12.7. The standard InChI is InChI=1S/C22H23IN4O3/c23-17-6-4-15(5-7-17)21(28)16-8-10-27(11-9-16)12-13-30-22(29)26-19-3-1-2-18-20(19)25-14-24-18/h1-7,14,16H,8-13H2,(H,24,25)(H,26,29). The number of nitrogens with zero attached hydrogens (tertiary/aromatic N) is 2. The lowest BCUT2D eigenvalue weighted by Crippen LogP contribution is -2.38. The number of aromatic nitrogens is 2. The average molecular weight is 518 g/mol. The van der Waals surface area contributed by atoms with Crippen LogP contribution in [0.2, 0.25) is 0 Å². The molecule has 30 heavy (non-hydrogen) atoms. The third-order valence-corrected chi connectivity index (χ3v) is 6.13. The minimum Gasteiger partial charge on any atom is -0.448 e. The molecule has 2 heterocycles. The Balaban J connectivity index is 1.19. The van der Waals surface area contributed by atoms with Gasteiger partial charge in [0.25, 0.3) is 0 Å². The molecule has 1 amide bonds. The Morgan fingerprint density at radius 2 is 1.93 bits per heavy atom. The fraction of sp³-hybridized carbons (Fsp3) is 0.318. The molecule has 3 aromatic rings. The number of amides is 1. The van der Waals surface area contributed by atoms with Crippen molar-refractivity contribution in [2.24, 2.45) is 5.92 Å². The smallest absolute Gasteiger partial charge is 0.411 e. The number of para-hydroxylation sites is 1. The molecule has 7 nitrogen and oxygen atoms in total. The summed E-state index contributed by atoms with van der Waals surface area (Å²) in [5, 5.41) is 2.75. The van der Waals surface area contributed by atoms with E-state index in [-0.39, 0.29) is 11.7 Å². The fourth-order valence-electron chi connectivity index (χ4n) is 3.75. The van der Waals surface area contributed by atoms with Gasteiger partial charge in [-0.1, -0.05) is 18.2 Å². The van der Waals surface area contributed by atoms with Gasteiger partial charge in [-0.05, 0) is 72.8 Å². The number of ketones is 1. The second kappa shape index (κ2) is 9.57. The van der Waals surface area contributed by atoms with E-state index in [1.165, 1.54) is 0 Å². The summed E-state index contributed by atoms with van der Waals surface area (Å²) in [5.41, 5.74) is 2.97. The van der Waals surface area contributed by atoms with Gasteiger partial charge in [0.1, 0.15) is 12.1 Å². The first-order valence-electron chi connectivity index (χ1n) is 9.98. The summed E-state index contributed by atoms with van der Waals surface area (Å²) in [6.07, 6.45) is 2.76. The Labute approximate surface area is 188 Å². The zero-order valence-corrected chi connectivity index (χ0v) is 18.6. The summed E-state index contributed by atoms with van der Waals surface area (Å²) in [5.74, 6) is 0.300. The van der Waals surface area contributed by atoms with E-state index in [0.29, 0.717) is 24.4 Å². The van der Waals surface area contributed by atoms with E-state index in [2.05, 4.69) is 42.8 Å². The van der Waals surface area contributed by atoms with E-state index in [1.807, 2.05) is 36.4 Å². The van der Waals surface area contributed by atoms with Crippen molar-refractivity contribution in [2.45, 2.75) is 12.8 Å². The van der Waals surface area contributed by atoms with Crippen LogP contribution in [0.5, 0.6) is 0 Å². The topological polar surface area (TPSA) is 87.3 Å². The number of likely N-dealkylation sites (tertiary alicyclic amines) is 1. The molecule has 8 heteroatoms. The number of imidazole rings is 1.